The quantitative estimate of drug-likeness (QED) is 0.684. The Morgan fingerprint density at radius 2 is 2.15 bits per heavy atom. The molecule has 106 valence electrons. The largest absolute Gasteiger partial charge is 0.300 e. The number of nitrogens with zero attached hydrogens (tertiary/aromatic N) is 2. The fourth-order valence-corrected chi connectivity index (χ4v) is 4.12. The maximum atomic E-state index is 12.1. The number of anilines is 1. The molecule has 0 unspecified atom stereocenters. The third-order valence-corrected chi connectivity index (χ3v) is 5.45. The van der Waals surface area contributed by atoms with Gasteiger partial charge in [0.2, 0.25) is 0 Å². The van der Waals surface area contributed by atoms with Gasteiger partial charge in [-0.3, -0.25) is 19.8 Å². The lowest BCUT2D eigenvalue weighted by molar-refractivity contribution is -0.384. The van der Waals surface area contributed by atoms with E-state index in [-0.39, 0.29) is 8.55 Å². The SMILES string of the molecule is Cc1cc(NS(=O)(=O)c2cc([N+](=O)[O-])c(Cl)s2)ccn1. The molecule has 1 N–H and O–H groups in total. The van der Waals surface area contributed by atoms with Gasteiger partial charge in [-0.1, -0.05) is 11.6 Å². The summed E-state index contributed by atoms with van der Waals surface area (Å²) in [7, 11) is -3.91. The highest BCUT2D eigenvalue weighted by Crippen LogP contribution is 2.36. The van der Waals surface area contributed by atoms with Crippen molar-refractivity contribution in [2.45, 2.75) is 11.1 Å². The van der Waals surface area contributed by atoms with Crippen molar-refractivity contribution in [1.29, 1.82) is 0 Å². The van der Waals surface area contributed by atoms with Crippen molar-refractivity contribution in [2.24, 2.45) is 0 Å². The average molecular weight is 334 g/mol. The maximum Gasteiger partial charge on any atom is 0.300 e. The molecule has 0 saturated heterocycles. The van der Waals surface area contributed by atoms with E-state index in [1.807, 2.05) is 0 Å². The van der Waals surface area contributed by atoms with E-state index < -0.39 is 20.6 Å². The number of halogens is 1. The number of hydrogen-bond donors (Lipinski definition) is 1. The van der Waals surface area contributed by atoms with Crippen molar-refractivity contribution in [3.63, 3.8) is 0 Å². The summed E-state index contributed by atoms with van der Waals surface area (Å²) >= 11 is 6.28. The van der Waals surface area contributed by atoms with Crippen LogP contribution in [0.25, 0.3) is 0 Å². The molecule has 2 rings (SSSR count). The van der Waals surface area contributed by atoms with Crippen molar-refractivity contribution >= 4 is 44.3 Å². The van der Waals surface area contributed by atoms with Gasteiger partial charge in [-0.15, -0.1) is 11.3 Å². The van der Waals surface area contributed by atoms with Crippen molar-refractivity contribution in [3.05, 3.63) is 44.5 Å². The summed E-state index contributed by atoms with van der Waals surface area (Å²) in [6, 6.07) is 3.96. The molecule has 0 aliphatic rings. The minimum absolute atomic E-state index is 0.179. The van der Waals surface area contributed by atoms with Crippen LogP contribution in [-0.4, -0.2) is 18.3 Å². The summed E-state index contributed by atoms with van der Waals surface area (Å²) in [5.41, 5.74) is 0.535. The van der Waals surface area contributed by atoms with Crippen molar-refractivity contribution in [1.82, 2.24) is 4.98 Å². The first-order valence-electron chi connectivity index (χ1n) is 5.19. The van der Waals surface area contributed by atoms with Crippen LogP contribution in [0.15, 0.2) is 28.6 Å². The molecule has 0 saturated carbocycles. The van der Waals surface area contributed by atoms with Gasteiger partial charge in [0, 0.05) is 18.0 Å². The molecule has 0 bridgehead atoms. The Hall–Kier alpha value is -1.71. The van der Waals surface area contributed by atoms with Crippen LogP contribution in [0.5, 0.6) is 0 Å². The summed E-state index contributed by atoms with van der Waals surface area (Å²) in [5, 5.41) is 10.7. The van der Waals surface area contributed by atoms with Gasteiger partial charge in [0.1, 0.15) is 4.21 Å². The number of nitrogens with one attached hydrogen (secondary N) is 1. The summed E-state index contributed by atoms with van der Waals surface area (Å²) in [6.07, 6.45) is 1.46. The van der Waals surface area contributed by atoms with Gasteiger partial charge in [0.05, 0.1) is 10.6 Å². The van der Waals surface area contributed by atoms with E-state index >= 15 is 0 Å². The molecule has 10 heteroatoms. The van der Waals surface area contributed by atoms with E-state index in [0.717, 1.165) is 6.07 Å². The van der Waals surface area contributed by atoms with Gasteiger partial charge in [-0.25, -0.2) is 8.42 Å². The van der Waals surface area contributed by atoms with Gasteiger partial charge in [-0.05, 0) is 19.1 Å². The number of aryl methyl sites for hydroxylation is 1. The highest BCUT2D eigenvalue weighted by molar-refractivity contribution is 7.94. The molecule has 2 aromatic heterocycles. The van der Waals surface area contributed by atoms with Crippen LogP contribution in [0.3, 0.4) is 0 Å². The molecule has 2 aromatic rings. The fourth-order valence-electron chi connectivity index (χ4n) is 1.41. The molecule has 0 aliphatic heterocycles. The lowest BCUT2D eigenvalue weighted by Crippen LogP contribution is -2.11. The Labute approximate surface area is 123 Å². The normalized spacial score (nSPS) is 11.3. The van der Waals surface area contributed by atoms with E-state index in [2.05, 4.69) is 9.71 Å². The lowest BCUT2D eigenvalue weighted by atomic mass is 10.3. The zero-order valence-electron chi connectivity index (χ0n) is 10.0. The molecule has 20 heavy (non-hydrogen) atoms. The van der Waals surface area contributed by atoms with Gasteiger partial charge < -0.3 is 0 Å². The minimum Gasteiger partial charge on any atom is -0.279 e. The van der Waals surface area contributed by atoms with E-state index in [1.165, 1.54) is 12.3 Å². The van der Waals surface area contributed by atoms with Crippen molar-refractivity contribution < 1.29 is 13.3 Å². The summed E-state index contributed by atoms with van der Waals surface area (Å²) in [6.45, 7) is 1.71. The van der Waals surface area contributed by atoms with Gasteiger partial charge in [0.15, 0.2) is 4.34 Å². The summed E-state index contributed by atoms with van der Waals surface area (Å²) in [5.74, 6) is 0. The molecular weight excluding hydrogens is 326 g/mol. The number of pyridine rings is 1. The molecule has 7 nitrogen and oxygen atoms in total. The molecule has 0 spiro atoms. The zero-order chi connectivity index (χ0) is 14.9. The fraction of sp³-hybridized carbons (Fsp3) is 0.100. The van der Waals surface area contributed by atoms with Crippen LogP contribution >= 0.6 is 22.9 Å². The predicted molar refractivity (Wildman–Crippen MR) is 75.8 cm³/mol. The Morgan fingerprint density at radius 3 is 2.70 bits per heavy atom. The first-order chi connectivity index (χ1) is 9.29. The van der Waals surface area contributed by atoms with E-state index in [9.17, 15) is 18.5 Å². The van der Waals surface area contributed by atoms with E-state index in [4.69, 9.17) is 11.6 Å². The summed E-state index contributed by atoms with van der Waals surface area (Å²) in [4.78, 5) is 13.9. The first-order valence-corrected chi connectivity index (χ1v) is 7.86. The number of thiophene rings is 1. The van der Waals surface area contributed by atoms with Gasteiger partial charge >= 0.3 is 0 Å². The molecular formula is C10H8ClN3O4S2. The molecule has 0 fully saturated rings. The molecule has 0 amide bonds. The second-order valence-corrected chi connectivity index (χ2v) is 7.34. The number of aromatic nitrogens is 1. The highest BCUT2D eigenvalue weighted by atomic mass is 35.5. The molecule has 0 atom stereocenters. The first kappa shape index (κ1) is 14.7. The Bertz CT molecular complexity index is 773. The van der Waals surface area contributed by atoms with Crippen molar-refractivity contribution in [3.8, 4) is 0 Å². The van der Waals surface area contributed by atoms with Crippen LogP contribution in [-0.2, 0) is 10.0 Å². The Kier molecular flexibility index (Phi) is 3.93. The third kappa shape index (κ3) is 3.06. The molecule has 0 aliphatic carbocycles. The Balaban J connectivity index is 2.36. The molecule has 0 aromatic carbocycles. The minimum atomic E-state index is -3.91. The standard InChI is InChI=1S/C10H8ClN3O4S2/c1-6-4-7(2-3-12-6)13-20(17,18)9-5-8(14(15)16)10(11)19-9/h2-5H,1H3,(H,12,13). The number of rotatable bonds is 4. The van der Waals surface area contributed by atoms with Crippen LogP contribution < -0.4 is 4.72 Å². The van der Waals surface area contributed by atoms with Crippen LogP contribution in [0, 0.1) is 17.0 Å². The molecule has 2 heterocycles. The zero-order valence-corrected chi connectivity index (χ0v) is 12.4. The monoisotopic (exact) mass is 333 g/mol. The molecule has 0 radical (unpaired) electrons. The second kappa shape index (κ2) is 5.35. The van der Waals surface area contributed by atoms with Crippen LogP contribution in [0.1, 0.15) is 5.69 Å². The van der Waals surface area contributed by atoms with Gasteiger partial charge in [0.25, 0.3) is 15.7 Å². The highest BCUT2D eigenvalue weighted by Gasteiger charge is 2.25. The van der Waals surface area contributed by atoms with Crippen LogP contribution in [0.2, 0.25) is 4.34 Å². The second-order valence-electron chi connectivity index (χ2n) is 3.77. The maximum absolute atomic E-state index is 12.1. The Morgan fingerprint density at radius 1 is 1.45 bits per heavy atom. The van der Waals surface area contributed by atoms with Crippen LogP contribution in [0.4, 0.5) is 11.4 Å². The van der Waals surface area contributed by atoms with E-state index in [1.54, 1.807) is 13.0 Å². The smallest absolute Gasteiger partial charge is 0.279 e. The summed E-state index contributed by atoms with van der Waals surface area (Å²) < 4.78 is 26.1. The van der Waals surface area contributed by atoms with E-state index in [0.29, 0.717) is 22.7 Å². The average Bonchev–Trinajstić information content (AvgIpc) is 2.71. The number of sulfonamides is 1. The number of nitro groups is 1. The predicted octanol–water partition coefficient (Wildman–Crippen LogP) is 2.81. The third-order valence-electron chi connectivity index (χ3n) is 2.26. The number of hydrogen-bond acceptors (Lipinski definition) is 6. The van der Waals surface area contributed by atoms with Gasteiger partial charge in [-0.2, -0.15) is 0 Å². The van der Waals surface area contributed by atoms with Crippen molar-refractivity contribution in [2.75, 3.05) is 4.72 Å². The topological polar surface area (TPSA) is 102 Å². The lowest BCUT2D eigenvalue weighted by Gasteiger charge is -2.05.